The lowest BCUT2D eigenvalue weighted by Gasteiger charge is -2.05. The van der Waals surface area contributed by atoms with E-state index in [2.05, 4.69) is 28.6 Å². The van der Waals surface area contributed by atoms with Gasteiger partial charge in [0.05, 0.1) is 5.03 Å². The van der Waals surface area contributed by atoms with Crippen LogP contribution in [-0.4, -0.2) is 20.8 Å². The molecule has 1 aromatic carbocycles. The van der Waals surface area contributed by atoms with E-state index >= 15 is 0 Å². The van der Waals surface area contributed by atoms with E-state index in [0.29, 0.717) is 0 Å². The largest absolute Gasteiger partial charge is 0.309 e. The van der Waals surface area contributed by atoms with Gasteiger partial charge in [-0.25, -0.2) is 9.97 Å². The summed E-state index contributed by atoms with van der Waals surface area (Å²) in [6.45, 7) is 2.99. The fourth-order valence-corrected chi connectivity index (χ4v) is 2.59. The van der Waals surface area contributed by atoms with Gasteiger partial charge in [-0.3, -0.25) is 0 Å². The Bertz CT molecular complexity index is 704. The first-order chi connectivity index (χ1) is 9.33. The van der Waals surface area contributed by atoms with Crippen LogP contribution in [0.5, 0.6) is 0 Å². The van der Waals surface area contributed by atoms with E-state index < -0.39 is 0 Å². The molecule has 0 unspecified atom stereocenters. The molecular weight excluding hydrogens is 254 g/mol. The Balaban J connectivity index is 2.26. The summed E-state index contributed by atoms with van der Waals surface area (Å²) in [5, 5.41) is 1.03. The molecular formula is C15H15N3S. The van der Waals surface area contributed by atoms with E-state index in [4.69, 9.17) is 4.98 Å². The molecule has 0 amide bonds. The zero-order chi connectivity index (χ0) is 13.2. The van der Waals surface area contributed by atoms with Gasteiger partial charge in [0.25, 0.3) is 0 Å². The van der Waals surface area contributed by atoms with Crippen LogP contribution in [0, 0.1) is 0 Å². The van der Waals surface area contributed by atoms with Crippen LogP contribution in [0.1, 0.15) is 6.92 Å². The molecule has 4 heteroatoms. The van der Waals surface area contributed by atoms with Gasteiger partial charge in [-0.15, -0.1) is 11.8 Å². The van der Waals surface area contributed by atoms with Gasteiger partial charge in [-0.1, -0.05) is 30.3 Å². The molecule has 3 rings (SSSR count). The molecule has 2 aromatic heterocycles. The topological polar surface area (TPSA) is 30.7 Å². The van der Waals surface area contributed by atoms with Gasteiger partial charge < -0.3 is 4.57 Å². The molecule has 0 aliphatic rings. The second-order valence-electron chi connectivity index (χ2n) is 4.24. The minimum Gasteiger partial charge on any atom is -0.309 e. The smallest absolute Gasteiger partial charge is 0.161 e. The molecule has 0 saturated heterocycles. The van der Waals surface area contributed by atoms with Crippen LogP contribution in [0.3, 0.4) is 0 Å². The maximum atomic E-state index is 4.72. The van der Waals surface area contributed by atoms with Crippen molar-refractivity contribution >= 4 is 22.9 Å². The third-order valence-electron chi connectivity index (χ3n) is 3.12. The van der Waals surface area contributed by atoms with E-state index in [-0.39, 0.29) is 0 Å². The molecule has 0 aliphatic carbocycles. The Morgan fingerprint density at radius 3 is 2.53 bits per heavy atom. The average molecular weight is 269 g/mol. The summed E-state index contributed by atoms with van der Waals surface area (Å²) in [5.41, 5.74) is 3.06. The van der Waals surface area contributed by atoms with Gasteiger partial charge in [0, 0.05) is 12.1 Å². The van der Waals surface area contributed by atoms with Crippen molar-refractivity contribution in [2.45, 2.75) is 18.5 Å². The van der Waals surface area contributed by atoms with Gasteiger partial charge in [0.15, 0.2) is 5.65 Å². The average Bonchev–Trinajstić information content (AvgIpc) is 2.85. The monoisotopic (exact) mass is 269 g/mol. The third-order valence-corrected chi connectivity index (χ3v) is 3.77. The molecule has 0 saturated carbocycles. The lowest BCUT2D eigenvalue weighted by molar-refractivity contribution is 0.783. The highest BCUT2D eigenvalue weighted by atomic mass is 32.2. The lowest BCUT2D eigenvalue weighted by Crippen LogP contribution is -1.98. The summed E-state index contributed by atoms with van der Waals surface area (Å²) in [5.74, 6) is 0.990. The fraction of sp³-hybridized carbons (Fsp3) is 0.200. The van der Waals surface area contributed by atoms with Crippen molar-refractivity contribution in [3.63, 3.8) is 0 Å². The van der Waals surface area contributed by atoms with Crippen molar-refractivity contribution in [1.82, 2.24) is 14.5 Å². The summed E-state index contributed by atoms with van der Waals surface area (Å²) in [6.07, 6.45) is 2.04. The number of hydrogen-bond acceptors (Lipinski definition) is 3. The second-order valence-corrected chi connectivity index (χ2v) is 5.07. The minimum absolute atomic E-state index is 0.867. The highest BCUT2D eigenvalue weighted by Gasteiger charge is 2.12. The number of nitrogens with zero attached hydrogens (tertiary/aromatic N) is 3. The summed E-state index contributed by atoms with van der Waals surface area (Å²) in [6, 6.07) is 14.3. The van der Waals surface area contributed by atoms with Crippen LogP contribution in [0.25, 0.3) is 22.6 Å². The van der Waals surface area contributed by atoms with Crippen LogP contribution >= 0.6 is 11.8 Å². The zero-order valence-electron chi connectivity index (χ0n) is 11.0. The van der Waals surface area contributed by atoms with Gasteiger partial charge in [0.2, 0.25) is 0 Å². The van der Waals surface area contributed by atoms with Gasteiger partial charge in [0.1, 0.15) is 11.3 Å². The number of rotatable bonds is 3. The van der Waals surface area contributed by atoms with Crippen molar-refractivity contribution in [3.8, 4) is 11.4 Å². The van der Waals surface area contributed by atoms with E-state index in [1.54, 1.807) is 11.8 Å². The van der Waals surface area contributed by atoms with E-state index in [9.17, 15) is 0 Å². The normalized spacial score (nSPS) is 11.1. The number of aromatic nitrogens is 3. The number of benzene rings is 1. The summed E-state index contributed by atoms with van der Waals surface area (Å²) in [7, 11) is 0. The number of fused-ring (bicyclic) bond motifs is 1. The Hall–Kier alpha value is -1.81. The van der Waals surface area contributed by atoms with Crippen LogP contribution in [-0.2, 0) is 6.54 Å². The van der Waals surface area contributed by atoms with Crippen LogP contribution in [0.2, 0.25) is 0 Å². The highest BCUT2D eigenvalue weighted by Crippen LogP contribution is 2.25. The Morgan fingerprint density at radius 2 is 1.84 bits per heavy atom. The molecule has 19 heavy (non-hydrogen) atoms. The molecule has 0 spiro atoms. The van der Waals surface area contributed by atoms with Crippen LogP contribution in [0.15, 0.2) is 47.5 Å². The standard InChI is InChI=1S/C15H15N3S/c1-3-18-14(11-7-5-4-6-8-11)16-12-9-10-13(19-2)17-15(12)18/h4-10H,3H2,1-2H3. The molecule has 0 aliphatic heterocycles. The van der Waals surface area contributed by atoms with Gasteiger partial charge in [-0.2, -0.15) is 0 Å². The second kappa shape index (κ2) is 5.05. The molecule has 0 fully saturated rings. The number of pyridine rings is 1. The van der Waals surface area contributed by atoms with E-state index in [0.717, 1.165) is 34.1 Å². The molecule has 0 atom stereocenters. The van der Waals surface area contributed by atoms with E-state index in [1.165, 1.54) is 0 Å². The summed E-state index contributed by atoms with van der Waals surface area (Å²) < 4.78 is 2.17. The third kappa shape index (κ3) is 2.12. The number of aryl methyl sites for hydroxylation is 1. The predicted octanol–water partition coefficient (Wildman–Crippen LogP) is 3.84. The molecule has 0 N–H and O–H groups in total. The van der Waals surface area contributed by atoms with Gasteiger partial charge >= 0.3 is 0 Å². The van der Waals surface area contributed by atoms with Crippen LogP contribution in [0.4, 0.5) is 0 Å². The Morgan fingerprint density at radius 1 is 1.05 bits per heavy atom. The van der Waals surface area contributed by atoms with Gasteiger partial charge in [-0.05, 0) is 25.3 Å². The first-order valence-electron chi connectivity index (χ1n) is 6.30. The van der Waals surface area contributed by atoms with Crippen molar-refractivity contribution in [3.05, 3.63) is 42.5 Å². The minimum atomic E-state index is 0.867. The van der Waals surface area contributed by atoms with E-state index in [1.807, 2.05) is 36.6 Å². The molecule has 3 nitrogen and oxygen atoms in total. The number of hydrogen-bond donors (Lipinski definition) is 0. The van der Waals surface area contributed by atoms with Crippen molar-refractivity contribution < 1.29 is 0 Å². The van der Waals surface area contributed by atoms with Crippen molar-refractivity contribution in [1.29, 1.82) is 0 Å². The molecule has 2 heterocycles. The number of imidazole rings is 1. The first kappa shape index (κ1) is 12.2. The summed E-state index contributed by atoms with van der Waals surface area (Å²) >= 11 is 1.66. The molecule has 96 valence electrons. The maximum Gasteiger partial charge on any atom is 0.161 e. The maximum absolute atomic E-state index is 4.72. The zero-order valence-corrected chi connectivity index (χ0v) is 11.8. The SMILES string of the molecule is CCn1c(-c2ccccc2)nc2ccc(SC)nc21. The van der Waals surface area contributed by atoms with Crippen LogP contribution < -0.4 is 0 Å². The first-order valence-corrected chi connectivity index (χ1v) is 7.52. The molecule has 0 bridgehead atoms. The lowest BCUT2D eigenvalue weighted by atomic mass is 10.2. The predicted molar refractivity (Wildman–Crippen MR) is 80.4 cm³/mol. The molecule has 0 radical (unpaired) electrons. The Kier molecular flexibility index (Phi) is 3.25. The van der Waals surface area contributed by atoms with Crippen molar-refractivity contribution in [2.24, 2.45) is 0 Å². The summed E-state index contributed by atoms with van der Waals surface area (Å²) in [4.78, 5) is 9.39. The number of thioether (sulfide) groups is 1. The highest BCUT2D eigenvalue weighted by molar-refractivity contribution is 7.98. The quantitative estimate of drug-likeness (QED) is 0.677. The van der Waals surface area contributed by atoms with Crippen molar-refractivity contribution in [2.75, 3.05) is 6.26 Å². The molecule has 3 aromatic rings. The fourth-order valence-electron chi connectivity index (χ4n) is 2.21. The Labute approximate surface area is 116 Å².